The van der Waals surface area contributed by atoms with Crippen LogP contribution >= 0.6 is 0 Å². The number of nitrogens with zero attached hydrogens (tertiary/aromatic N) is 1. The van der Waals surface area contributed by atoms with Gasteiger partial charge in [0.1, 0.15) is 5.82 Å². The summed E-state index contributed by atoms with van der Waals surface area (Å²) in [6, 6.07) is 5.67. The molecule has 0 amide bonds. The molecule has 0 saturated heterocycles. The Hall–Kier alpha value is -2.14. The highest BCUT2D eigenvalue weighted by molar-refractivity contribution is 5.89. The number of hydrogen-bond acceptors (Lipinski definition) is 3. The zero-order valence-electron chi connectivity index (χ0n) is 10.5. The molecule has 0 bridgehead atoms. The van der Waals surface area contributed by atoms with Gasteiger partial charge < -0.3 is 9.52 Å². The molecule has 4 nitrogen and oxygen atoms in total. The molecule has 1 aromatic carbocycles. The van der Waals surface area contributed by atoms with Gasteiger partial charge in [-0.3, -0.25) is 4.90 Å². The zero-order chi connectivity index (χ0) is 13.8. The second kappa shape index (κ2) is 5.67. The second-order valence-corrected chi connectivity index (χ2v) is 4.41. The molecule has 0 aliphatic rings. The third kappa shape index (κ3) is 3.42. The monoisotopic (exact) mass is 263 g/mol. The van der Waals surface area contributed by atoms with E-state index in [0.29, 0.717) is 18.7 Å². The number of halogens is 1. The number of furan rings is 1. The van der Waals surface area contributed by atoms with Crippen molar-refractivity contribution < 1.29 is 18.7 Å². The largest absolute Gasteiger partial charge is 0.478 e. The van der Waals surface area contributed by atoms with Crippen molar-refractivity contribution in [2.45, 2.75) is 13.1 Å². The predicted octanol–water partition coefficient (Wildman–Crippen LogP) is 2.75. The summed E-state index contributed by atoms with van der Waals surface area (Å²) in [5.74, 6) is -1.66. The van der Waals surface area contributed by atoms with E-state index in [1.165, 1.54) is 12.1 Å². The summed E-state index contributed by atoms with van der Waals surface area (Å²) in [6.07, 6.45) is 3.23. The highest BCUT2D eigenvalue weighted by Crippen LogP contribution is 2.15. The molecule has 1 heterocycles. The molecule has 0 atom stereocenters. The normalized spacial score (nSPS) is 10.9. The molecule has 0 unspecified atom stereocenters. The fourth-order valence-electron chi connectivity index (χ4n) is 1.93. The molecule has 2 rings (SSSR count). The Balaban J connectivity index is 2.12. The quantitative estimate of drug-likeness (QED) is 0.901. The molecule has 2 aromatic rings. The maximum absolute atomic E-state index is 13.1. The van der Waals surface area contributed by atoms with Crippen molar-refractivity contribution in [2.24, 2.45) is 0 Å². The van der Waals surface area contributed by atoms with Crippen molar-refractivity contribution in [2.75, 3.05) is 7.05 Å². The standard InChI is InChI=1S/C14H14FNO3/c1-16(7-10-4-5-19-9-10)8-11-2-3-12(15)6-13(11)14(17)18/h2-6,9H,7-8H2,1H3,(H,17,18). The number of hydrogen-bond donors (Lipinski definition) is 1. The highest BCUT2D eigenvalue weighted by Gasteiger charge is 2.13. The fraction of sp³-hybridized carbons (Fsp3) is 0.214. The van der Waals surface area contributed by atoms with E-state index in [0.717, 1.165) is 11.6 Å². The van der Waals surface area contributed by atoms with Crippen LogP contribution in [0.5, 0.6) is 0 Å². The van der Waals surface area contributed by atoms with Crippen molar-refractivity contribution >= 4 is 5.97 Å². The first-order valence-electron chi connectivity index (χ1n) is 5.77. The van der Waals surface area contributed by atoms with Gasteiger partial charge in [-0.05, 0) is 30.8 Å². The minimum Gasteiger partial charge on any atom is -0.478 e. The summed E-state index contributed by atoms with van der Waals surface area (Å²) in [5.41, 5.74) is 1.58. The van der Waals surface area contributed by atoms with Gasteiger partial charge in [-0.2, -0.15) is 0 Å². The molecule has 0 aliphatic carbocycles. The van der Waals surface area contributed by atoms with E-state index >= 15 is 0 Å². The summed E-state index contributed by atoms with van der Waals surface area (Å²) in [7, 11) is 1.86. The third-order valence-electron chi connectivity index (χ3n) is 2.78. The SMILES string of the molecule is CN(Cc1ccoc1)Cc1ccc(F)cc1C(=O)O. The number of rotatable bonds is 5. The van der Waals surface area contributed by atoms with Gasteiger partial charge in [0.15, 0.2) is 0 Å². The smallest absolute Gasteiger partial charge is 0.336 e. The first-order chi connectivity index (χ1) is 9.06. The Kier molecular flexibility index (Phi) is 3.97. The Labute approximate surface area is 110 Å². The van der Waals surface area contributed by atoms with E-state index in [1.807, 2.05) is 18.0 Å². The van der Waals surface area contributed by atoms with E-state index in [9.17, 15) is 9.18 Å². The molecule has 100 valence electrons. The van der Waals surface area contributed by atoms with E-state index < -0.39 is 11.8 Å². The number of aromatic carboxylic acids is 1. The van der Waals surface area contributed by atoms with Crippen molar-refractivity contribution in [3.63, 3.8) is 0 Å². The summed E-state index contributed by atoms with van der Waals surface area (Å²) >= 11 is 0. The summed E-state index contributed by atoms with van der Waals surface area (Å²) < 4.78 is 18.0. The molecular formula is C14H14FNO3. The molecule has 0 saturated carbocycles. The lowest BCUT2D eigenvalue weighted by Gasteiger charge is -2.17. The molecule has 1 aromatic heterocycles. The van der Waals surface area contributed by atoms with Crippen LogP contribution in [-0.4, -0.2) is 23.0 Å². The molecule has 19 heavy (non-hydrogen) atoms. The minimum atomic E-state index is -1.12. The highest BCUT2D eigenvalue weighted by atomic mass is 19.1. The van der Waals surface area contributed by atoms with Crippen LogP contribution in [0.2, 0.25) is 0 Å². The van der Waals surface area contributed by atoms with Gasteiger partial charge in [-0.1, -0.05) is 6.07 Å². The molecule has 0 aliphatic heterocycles. The van der Waals surface area contributed by atoms with Gasteiger partial charge in [0.2, 0.25) is 0 Å². The molecule has 0 fully saturated rings. The average Bonchev–Trinajstić information content (AvgIpc) is 2.83. The van der Waals surface area contributed by atoms with Gasteiger partial charge in [-0.15, -0.1) is 0 Å². The predicted molar refractivity (Wildman–Crippen MR) is 67.2 cm³/mol. The minimum absolute atomic E-state index is 0.000886. The van der Waals surface area contributed by atoms with E-state index in [2.05, 4.69) is 0 Å². The van der Waals surface area contributed by atoms with Crippen LogP contribution in [0.4, 0.5) is 4.39 Å². The van der Waals surface area contributed by atoms with Crippen molar-refractivity contribution in [3.05, 3.63) is 59.3 Å². The van der Waals surface area contributed by atoms with Gasteiger partial charge in [0.25, 0.3) is 0 Å². The number of carbonyl (C=O) groups is 1. The number of carboxylic acids is 1. The maximum Gasteiger partial charge on any atom is 0.336 e. The lowest BCUT2D eigenvalue weighted by molar-refractivity contribution is 0.0694. The van der Waals surface area contributed by atoms with Crippen LogP contribution in [0.3, 0.4) is 0 Å². The topological polar surface area (TPSA) is 53.7 Å². The van der Waals surface area contributed by atoms with Gasteiger partial charge in [0.05, 0.1) is 18.1 Å². The van der Waals surface area contributed by atoms with Crippen LogP contribution in [-0.2, 0) is 13.1 Å². The molecule has 0 radical (unpaired) electrons. The van der Waals surface area contributed by atoms with Crippen LogP contribution in [0, 0.1) is 5.82 Å². The molecule has 1 N–H and O–H groups in total. The Morgan fingerprint density at radius 2 is 2.16 bits per heavy atom. The number of benzene rings is 1. The molecule has 5 heteroatoms. The lowest BCUT2D eigenvalue weighted by atomic mass is 10.1. The lowest BCUT2D eigenvalue weighted by Crippen LogP contribution is -2.19. The average molecular weight is 263 g/mol. The Morgan fingerprint density at radius 1 is 1.37 bits per heavy atom. The maximum atomic E-state index is 13.1. The summed E-state index contributed by atoms with van der Waals surface area (Å²) in [6.45, 7) is 1.06. The first-order valence-corrected chi connectivity index (χ1v) is 5.77. The third-order valence-corrected chi connectivity index (χ3v) is 2.78. The van der Waals surface area contributed by atoms with Gasteiger partial charge >= 0.3 is 5.97 Å². The van der Waals surface area contributed by atoms with Crippen LogP contribution < -0.4 is 0 Å². The van der Waals surface area contributed by atoms with Crippen LogP contribution in [0.15, 0.2) is 41.2 Å². The fourth-order valence-corrected chi connectivity index (χ4v) is 1.93. The first kappa shape index (κ1) is 13.3. The Morgan fingerprint density at radius 3 is 2.79 bits per heavy atom. The zero-order valence-corrected chi connectivity index (χ0v) is 10.5. The van der Waals surface area contributed by atoms with Crippen LogP contribution in [0.25, 0.3) is 0 Å². The van der Waals surface area contributed by atoms with E-state index in [1.54, 1.807) is 12.5 Å². The van der Waals surface area contributed by atoms with Gasteiger partial charge in [-0.25, -0.2) is 9.18 Å². The summed E-state index contributed by atoms with van der Waals surface area (Å²) in [5, 5.41) is 9.06. The van der Waals surface area contributed by atoms with Crippen molar-refractivity contribution in [1.29, 1.82) is 0 Å². The van der Waals surface area contributed by atoms with Crippen molar-refractivity contribution in [3.8, 4) is 0 Å². The second-order valence-electron chi connectivity index (χ2n) is 4.41. The summed E-state index contributed by atoms with van der Waals surface area (Å²) in [4.78, 5) is 13.0. The number of carboxylic acid groups (broad SMARTS) is 1. The van der Waals surface area contributed by atoms with E-state index in [-0.39, 0.29) is 5.56 Å². The van der Waals surface area contributed by atoms with Crippen LogP contribution in [0.1, 0.15) is 21.5 Å². The van der Waals surface area contributed by atoms with E-state index in [4.69, 9.17) is 9.52 Å². The van der Waals surface area contributed by atoms with Gasteiger partial charge in [0, 0.05) is 18.7 Å². The Bertz CT molecular complexity index is 566. The molecular weight excluding hydrogens is 249 g/mol. The molecule has 0 spiro atoms. The van der Waals surface area contributed by atoms with Crippen molar-refractivity contribution in [1.82, 2.24) is 4.90 Å².